The summed E-state index contributed by atoms with van der Waals surface area (Å²) in [6.45, 7) is 10.4. The van der Waals surface area contributed by atoms with E-state index < -0.39 is 0 Å². The lowest BCUT2D eigenvalue weighted by atomic mass is 10.3. The van der Waals surface area contributed by atoms with E-state index in [0.717, 1.165) is 32.0 Å². The number of hydrogen-bond donors (Lipinski definition) is 0. The van der Waals surface area contributed by atoms with Crippen LogP contribution in [0.2, 0.25) is 0 Å². The molecule has 0 aliphatic carbocycles. The van der Waals surface area contributed by atoms with Gasteiger partial charge in [-0.25, -0.2) is 0 Å². The summed E-state index contributed by atoms with van der Waals surface area (Å²) in [5.41, 5.74) is 1.17. The van der Waals surface area contributed by atoms with Crippen molar-refractivity contribution in [2.24, 2.45) is 0 Å². The van der Waals surface area contributed by atoms with Crippen molar-refractivity contribution < 1.29 is 0 Å². The van der Waals surface area contributed by atoms with E-state index in [2.05, 4.69) is 33.1 Å². The maximum atomic E-state index is 4.15. The van der Waals surface area contributed by atoms with Gasteiger partial charge in [0, 0.05) is 26.2 Å². The molecule has 4 nitrogen and oxygen atoms in total. The molecule has 0 saturated carbocycles. The predicted molar refractivity (Wildman–Crippen MR) is 67.8 cm³/mol. The van der Waals surface area contributed by atoms with E-state index >= 15 is 0 Å². The van der Waals surface area contributed by atoms with Crippen LogP contribution < -0.4 is 4.90 Å². The zero-order valence-corrected chi connectivity index (χ0v) is 10.8. The topological polar surface area (TPSA) is 32.3 Å². The van der Waals surface area contributed by atoms with Crippen molar-refractivity contribution in [3.63, 3.8) is 0 Å². The van der Waals surface area contributed by atoms with Crippen LogP contribution in [0.25, 0.3) is 0 Å². The van der Waals surface area contributed by atoms with Gasteiger partial charge in [0.2, 0.25) is 0 Å². The molecular weight excluding hydrogens is 200 g/mol. The molecule has 90 valence electrons. The Morgan fingerprint density at radius 3 is 2.31 bits per heavy atom. The molecule has 0 bridgehead atoms. The van der Waals surface area contributed by atoms with Crippen molar-refractivity contribution in [1.29, 1.82) is 0 Å². The molecule has 0 amide bonds. The quantitative estimate of drug-likeness (QED) is 0.722. The minimum absolute atomic E-state index is 1.01. The third-order valence-electron chi connectivity index (χ3n) is 2.61. The van der Waals surface area contributed by atoms with Crippen LogP contribution in [0, 0.1) is 6.92 Å². The van der Waals surface area contributed by atoms with Crippen molar-refractivity contribution in [1.82, 2.24) is 15.1 Å². The predicted octanol–water partition coefficient (Wildman–Crippen LogP) is 1.56. The van der Waals surface area contributed by atoms with E-state index in [9.17, 15) is 0 Å². The average molecular weight is 222 g/mol. The lowest BCUT2D eigenvalue weighted by Crippen LogP contribution is -2.44. The second-order valence-electron chi connectivity index (χ2n) is 3.88. The van der Waals surface area contributed by atoms with Gasteiger partial charge < -0.3 is 9.80 Å². The van der Waals surface area contributed by atoms with Crippen molar-refractivity contribution >= 4 is 5.82 Å². The second kappa shape index (κ2) is 6.43. The Bertz CT molecular complexity index is 306. The van der Waals surface area contributed by atoms with E-state index in [4.69, 9.17) is 0 Å². The first-order valence-corrected chi connectivity index (χ1v) is 5.98. The van der Waals surface area contributed by atoms with Gasteiger partial charge in [0.25, 0.3) is 0 Å². The molecular formula is C12H22N4. The van der Waals surface area contributed by atoms with Crippen molar-refractivity contribution in [2.45, 2.75) is 20.8 Å². The van der Waals surface area contributed by atoms with Crippen LogP contribution >= 0.6 is 0 Å². The first-order valence-electron chi connectivity index (χ1n) is 5.98. The molecule has 2 rings (SSSR count). The smallest absolute Gasteiger partial charge is 0.151 e. The first-order chi connectivity index (χ1) is 7.75. The minimum atomic E-state index is 1.01. The average Bonchev–Trinajstić information content (AvgIpc) is 2.32. The molecule has 1 aliphatic heterocycles. The summed E-state index contributed by atoms with van der Waals surface area (Å²) in [5.74, 6) is 1.01. The summed E-state index contributed by atoms with van der Waals surface area (Å²) in [7, 11) is 2.15. The molecule has 1 aromatic rings. The number of aryl methyl sites for hydroxylation is 1. The Morgan fingerprint density at radius 1 is 1.12 bits per heavy atom. The third-order valence-corrected chi connectivity index (χ3v) is 2.61. The molecule has 4 heteroatoms. The number of aromatic nitrogens is 2. The highest BCUT2D eigenvalue weighted by Crippen LogP contribution is 2.12. The van der Waals surface area contributed by atoms with Gasteiger partial charge in [-0.2, -0.15) is 5.10 Å². The summed E-state index contributed by atoms with van der Waals surface area (Å²) >= 11 is 0. The van der Waals surface area contributed by atoms with Gasteiger partial charge in [0.1, 0.15) is 0 Å². The van der Waals surface area contributed by atoms with Crippen LogP contribution in [0.5, 0.6) is 0 Å². The summed E-state index contributed by atoms with van der Waals surface area (Å²) < 4.78 is 0. The maximum absolute atomic E-state index is 4.15. The first kappa shape index (κ1) is 12.9. The van der Waals surface area contributed by atoms with Gasteiger partial charge in [0.05, 0.1) is 6.20 Å². The van der Waals surface area contributed by atoms with Crippen molar-refractivity contribution in [3.05, 3.63) is 17.8 Å². The lowest BCUT2D eigenvalue weighted by Gasteiger charge is -2.32. The second-order valence-corrected chi connectivity index (χ2v) is 3.88. The van der Waals surface area contributed by atoms with E-state index in [1.54, 1.807) is 6.20 Å². The number of rotatable bonds is 1. The van der Waals surface area contributed by atoms with Gasteiger partial charge >= 0.3 is 0 Å². The Kier molecular flexibility index (Phi) is 5.19. The molecule has 1 fully saturated rings. The number of nitrogens with zero attached hydrogens (tertiary/aromatic N) is 4. The molecule has 0 unspecified atom stereocenters. The molecule has 0 radical (unpaired) electrons. The Balaban J connectivity index is 0.000000606. The van der Waals surface area contributed by atoms with Crippen molar-refractivity contribution in [3.8, 4) is 0 Å². The molecule has 1 aliphatic rings. The lowest BCUT2D eigenvalue weighted by molar-refractivity contribution is 0.311. The van der Waals surface area contributed by atoms with Gasteiger partial charge in [-0.3, -0.25) is 0 Å². The summed E-state index contributed by atoms with van der Waals surface area (Å²) in [6.07, 6.45) is 1.79. The minimum Gasteiger partial charge on any atom is -0.353 e. The Labute approximate surface area is 98.3 Å². The number of anilines is 1. The van der Waals surface area contributed by atoms with E-state index in [0.29, 0.717) is 0 Å². The molecule has 1 aromatic heterocycles. The summed E-state index contributed by atoms with van der Waals surface area (Å²) in [5, 5.41) is 8.12. The largest absolute Gasteiger partial charge is 0.353 e. The summed E-state index contributed by atoms with van der Waals surface area (Å²) in [6, 6.07) is 2.10. The van der Waals surface area contributed by atoms with Crippen LogP contribution in [0.4, 0.5) is 5.82 Å². The number of piperazine rings is 1. The van der Waals surface area contributed by atoms with Crippen LogP contribution in [-0.4, -0.2) is 48.3 Å². The fourth-order valence-electron chi connectivity index (χ4n) is 1.64. The molecule has 0 aromatic carbocycles. The van der Waals surface area contributed by atoms with Crippen LogP contribution in [0.1, 0.15) is 19.4 Å². The van der Waals surface area contributed by atoms with Crippen LogP contribution in [0.15, 0.2) is 12.3 Å². The van der Waals surface area contributed by atoms with Crippen molar-refractivity contribution in [2.75, 3.05) is 38.1 Å². The normalized spacial score (nSPS) is 16.6. The Hall–Kier alpha value is -1.16. The molecule has 16 heavy (non-hydrogen) atoms. The van der Waals surface area contributed by atoms with Crippen LogP contribution in [-0.2, 0) is 0 Å². The standard InChI is InChI=1S/C10H16N4.C2H6/c1-9-7-10(12-11-8-9)14-5-3-13(2)4-6-14;1-2/h7-8H,3-6H2,1-2H3;1-2H3. The van der Waals surface area contributed by atoms with E-state index in [-0.39, 0.29) is 0 Å². The van der Waals surface area contributed by atoms with E-state index in [1.807, 2.05) is 20.8 Å². The zero-order valence-electron chi connectivity index (χ0n) is 10.8. The molecule has 0 N–H and O–H groups in total. The summed E-state index contributed by atoms with van der Waals surface area (Å²) in [4.78, 5) is 4.62. The monoisotopic (exact) mass is 222 g/mol. The maximum Gasteiger partial charge on any atom is 0.151 e. The van der Waals surface area contributed by atoms with Gasteiger partial charge in [-0.15, -0.1) is 5.10 Å². The molecule has 1 saturated heterocycles. The van der Waals surface area contributed by atoms with Gasteiger partial charge in [-0.1, -0.05) is 13.8 Å². The van der Waals surface area contributed by atoms with Gasteiger partial charge in [0.15, 0.2) is 5.82 Å². The number of hydrogen-bond acceptors (Lipinski definition) is 4. The fourth-order valence-corrected chi connectivity index (χ4v) is 1.64. The van der Waals surface area contributed by atoms with Crippen LogP contribution in [0.3, 0.4) is 0 Å². The molecule has 0 spiro atoms. The zero-order chi connectivity index (χ0) is 12.0. The third kappa shape index (κ3) is 3.45. The SMILES string of the molecule is CC.Cc1cnnc(N2CCN(C)CC2)c1. The Morgan fingerprint density at radius 2 is 1.75 bits per heavy atom. The fraction of sp³-hybridized carbons (Fsp3) is 0.667. The van der Waals surface area contributed by atoms with E-state index in [1.165, 1.54) is 5.56 Å². The number of likely N-dealkylation sites (N-methyl/N-ethyl adjacent to an activating group) is 1. The highest BCUT2D eigenvalue weighted by molar-refractivity contribution is 5.39. The van der Waals surface area contributed by atoms with Gasteiger partial charge in [-0.05, 0) is 25.6 Å². The highest BCUT2D eigenvalue weighted by Gasteiger charge is 2.15. The molecule has 2 heterocycles. The molecule has 0 atom stereocenters. The highest BCUT2D eigenvalue weighted by atomic mass is 15.3.